The van der Waals surface area contributed by atoms with Crippen molar-refractivity contribution in [3.8, 4) is 11.8 Å². The fraction of sp³-hybridized carbons (Fsp3) is 0.385. The summed E-state index contributed by atoms with van der Waals surface area (Å²) >= 11 is 0. The maximum absolute atomic E-state index is 8.12. The van der Waals surface area contributed by atoms with E-state index in [0.29, 0.717) is 13.0 Å². The van der Waals surface area contributed by atoms with Crippen LogP contribution in [-0.2, 0) is 0 Å². The second kappa shape index (κ2) is 6.14. The zero-order valence-electron chi connectivity index (χ0n) is 10.6. The molecule has 0 atom stereocenters. The third kappa shape index (κ3) is 4.77. The van der Waals surface area contributed by atoms with E-state index in [9.17, 15) is 0 Å². The minimum atomic E-state index is -1.26. The molecule has 0 unspecified atom stereocenters. The standard InChI is InChI=1S/C13H17N3Si/c1-17(2,3)13-9-6-8-12(11-13)7-4-5-10-15-16-14/h6,8-9,11H,5,10H2,1-3H3. The van der Waals surface area contributed by atoms with Crippen molar-refractivity contribution < 1.29 is 0 Å². The molecule has 17 heavy (non-hydrogen) atoms. The average Bonchev–Trinajstić information content (AvgIpc) is 2.28. The van der Waals surface area contributed by atoms with E-state index in [1.807, 2.05) is 6.07 Å². The summed E-state index contributed by atoms with van der Waals surface area (Å²) in [7, 11) is -1.26. The van der Waals surface area contributed by atoms with Crippen LogP contribution in [0.25, 0.3) is 10.4 Å². The summed E-state index contributed by atoms with van der Waals surface area (Å²) in [4.78, 5) is 2.69. The topological polar surface area (TPSA) is 48.8 Å². The highest BCUT2D eigenvalue weighted by Gasteiger charge is 2.15. The minimum absolute atomic E-state index is 0.442. The molecule has 0 spiro atoms. The summed E-state index contributed by atoms with van der Waals surface area (Å²) in [6.45, 7) is 7.40. The fourth-order valence-corrected chi connectivity index (χ4v) is 2.56. The SMILES string of the molecule is C[Si](C)(C)c1cccc(C#CCCN=[N+]=[N-])c1. The average molecular weight is 243 g/mol. The van der Waals surface area contributed by atoms with Gasteiger partial charge in [-0.2, -0.15) is 0 Å². The molecule has 0 aliphatic heterocycles. The highest BCUT2D eigenvalue weighted by molar-refractivity contribution is 6.88. The van der Waals surface area contributed by atoms with Crippen LogP contribution >= 0.6 is 0 Å². The van der Waals surface area contributed by atoms with Crippen molar-refractivity contribution >= 4 is 13.3 Å². The first-order chi connectivity index (χ1) is 8.04. The lowest BCUT2D eigenvalue weighted by Crippen LogP contribution is -2.37. The molecule has 0 saturated carbocycles. The van der Waals surface area contributed by atoms with Crippen LogP contribution in [0.2, 0.25) is 19.6 Å². The molecule has 1 aromatic carbocycles. The number of rotatable bonds is 3. The number of hydrogen-bond donors (Lipinski definition) is 0. The molecule has 1 rings (SSSR count). The summed E-state index contributed by atoms with van der Waals surface area (Å²) in [6.07, 6.45) is 0.612. The molecule has 0 fully saturated rings. The second-order valence-corrected chi connectivity index (χ2v) is 9.91. The smallest absolute Gasteiger partial charge is 0.0776 e. The number of hydrogen-bond acceptors (Lipinski definition) is 1. The van der Waals surface area contributed by atoms with E-state index in [1.54, 1.807) is 0 Å². The summed E-state index contributed by atoms with van der Waals surface area (Å²) in [6, 6.07) is 8.43. The molecule has 0 bridgehead atoms. The Kier molecular flexibility index (Phi) is 4.83. The number of azide groups is 1. The molecule has 3 nitrogen and oxygen atoms in total. The molecular weight excluding hydrogens is 226 g/mol. The van der Waals surface area contributed by atoms with Gasteiger partial charge in [-0.05, 0) is 17.7 Å². The van der Waals surface area contributed by atoms with Gasteiger partial charge in [0.25, 0.3) is 0 Å². The van der Waals surface area contributed by atoms with E-state index in [4.69, 9.17) is 5.53 Å². The minimum Gasteiger partial charge on any atom is -0.0978 e. The molecule has 0 radical (unpaired) electrons. The van der Waals surface area contributed by atoms with E-state index in [1.165, 1.54) is 5.19 Å². The van der Waals surface area contributed by atoms with Crippen LogP contribution in [0.5, 0.6) is 0 Å². The molecule has 0 aliphatic rings. The van der Waals surface area contributed by atoms with Crippen LogP contribution in [0.4, 0.5) is 0 Å². The molecule has 0 heterocycles. The first-order valence-corrected chi connectivity index (χ1v) is 9.14. The monoisotopic (exact) mass is 243 g/mol. The molecule has 1 aromatic rings. The van der Waals surface area contributed by atoms with Crippen LogP contribution in [-0.4, -0.2) is 14.6 Å². The van der Waals surface area contributed by atoms with E-state index >= 15 is 0 Å². The third-order valence-electron chi connectivity index (χ3n) is 2.36. The van der Waals surface area contributed by atoms with Crippen LogP contribution in [0, 0.1) is 11.8 Å². The molecule has 0 amide bonds. The maximum atomic E-state index is 8.12. The van der Waals surface area contributed by atoms with Crippen LogP contribution < -0.4 is 5.19 Å². The van der Waals surface area contributed by atoms with Gasteiger partial charge >= 0.3 is 0 Å². The summed E-state index contributed by atoms with van der Waals surface area (Å²) < 4.78 is 0. The predicted octanol–water partition coefficient (Wildman–Crippen LogP) is 3.28. The van der Waals surface area contributed by atoms with Gasteiger partial charge in [0.05, 0.1) is 8.07 Å². The van der Waals surface area contributed by atoms with Crippen molar-refractivity contribution in [1.29, 1.82) is 0 Å². The Labute approximate surface area is 103 Å². The first-order valence-electron chi connectivity index (χ1n) is 5.64. The van der Waals surface area contributed by atoms with Crippen LogP contribution in [0.3, 0.4) is 0 Å². The van der Waals surface area contributed by atoms with Gasteiger partial charge in [0.15, 0.2) is 0 Å². The first kappa shape index (κ1) is 13.4. The van der Waals surface area contributed by atoms with Gasteiger partial charge in [-0.25, -0.2) is 0 Å². The Morgan fingerprint density at radius 2 is 2.12 bits per heavy atom. The lowest BCUT2D eigenvalue weighted by Gasteiger charge is -2.16. The molecular formula is C13H17N3Si. The third-order valence-corrected chi connectivity index (χ3v) is 4.40. The fourth-order valence-electron chi connectivity index (χ4n) is 1.38. The largest absolute Gasteiger partial charge is 0.0978 e. The van der Waals surface area contributed by atoms with Gasteiger partial charge in [0, 0.05) is 23.4 Å². The quantitative estimate of drug-likeness (QED) is 0.195. The molecule has 0 aromatic heterocycles. The molecule has 0 aliphatic carbocycles. The zero-order valence-corrected chi connectivity index (χ0v) is 11.6. The highest BCUT2D eigenvalue weighted by atomic mass is 28.3. The molecule has 88 valence electrons. The van der Waals surface area contributed by atoms with Crippen molar-refractivity contribution in [2.75, 3.05) is 6.54 Å². The highest BCUT2D eigenvalue weighted by Crippen LogP contribution is 2.04. The lowest BCUT2D eigenvalue weighted by atomic mass is 10.2. The summed E-state index contributed by atoms with van der Waals surface area (Å²) in [5, 5.41) is 4.86. The normalized spacial score (nSPS) is 10.1. The molecule has 0 N–H and O–H groups in total. The predicted molar refractivity (Wildman–Crippen MR) is 74.9 cm³/mol. The van der Waals surface area contributed by atoms with Gasteiger partial charge in [-0.1, -0.05) is 53.9 Å². The van der Waals surface area contributed by atoms with Gasteiger partial charge in [-0.3, -0.25) is 0 Å². The number of benzene rings is 1. The van der Waals surface area contributed by atoms with Crippen LogP contribution in [0.1, 0.15) is 12.0 Å². The van der Waals surface area contributed by atoms with Crippen molar-refractivity contribution in [2.24, 2.45) is 5.11 Å². The Hall–Kier alpha value is -1.69. The molecule has 0 saturated heterocycles. The summed E-state index contributed by atoms with van der Waals surface area (Å²) in [5.74, 6) is 6.12. The Balaban J connectivity index is 2.75. The van der Waals surface area contributed by atoms with E-state index in [0.717, 1.165) is 5.56 Å². The van der Waals surface area contributed by atoms with Crippen molar-refractivity contribution in [3.05, 3.63) is 40.3 Å². The number of nitrogens with zero attached hydrogens (tertiary/aromatic N) is 3. The zero-order chi connectivity index (χ0) is 12.7. The van der Waals surface area contributed by atoms with Crippen LogP contribution in [0.15, 0.2) is 29.4 Å². The lowest BCUT2D eigenvalue weighted by molar-refractivity contribution is 1.01. The molecule has 4 heteroatoms. The summed E-state index contributed by atoms with van der Waals surface area (Å²) in [5.41, 5.74) is 9.17. The second-order valence-electron chi connectivity index (χ2n) is 4.84. The Morgan fingerprint density at radius 3 is 2.76 bits per heavy atom. The van der Waals surface area contributed by atoms with Crippen molar-refractivity contribution in [1.82, 2.24) is 0 Å². The van der Waals surface area contributed by atoms with Gasteiger partial charge in [0.1, 0.15) is 0 Å². The van der Waals surface area contributed by atoms with Crippen molar-refractivity contribution in [2.45, 2.75) is 26.1 Å². The van der Waals surface area contributed by atoms with Gasteiger partial charge in [-0.15, -0.1) is 0 Å². The van der Waals surface area contributed by atoms with Gasteiger partial charge < -0.3 is 0 Å². The Bertz CT molecular complexity index is 485. The Morgan fingerprint density at radius 1 is 1.35 bits per heavy atom. The van der Waals surface area contributed by atoms with E-state index in [-0.39, 0.29) is 0 Å². The maximum Gasteiger partial charge on any atom is 0.0776 e. The van der Waals surface area contributed by atoms with Crippen molar-refractivity contribution in [3.63, 3.8) is 0 Å². The van der Waals surface area contributed by atoms with E-state index < -0.39 is 8.07 Å². The van der Waals surface area contributed by atoms with E-state index in [2.05, 4.69) is 59.7 Å². The van der Waals surface area contributed by atoms with Gasteiger partial charge in [0.2, 0.25) is 0 Å².